The number of carboxylic acids is 1. The number of aromatic nitrogens is 3. The molecule has 3 aromatic heterocycles. The first kappa shape index (κ1) is 13.7. The third-order valence-corrected chi connectivity index (χ3v) is 3.19. The molecule has 0 saturated carbocycles. The molecule has 0 amide bonds. The Hall–Kier alpha value is -3.29. The fourth-order valence-electron chi connectivity index (χ4n) is 2.24. The van der Waals surface area contributed by atoms with E-state index in [1.807, 2.05) is 0 Å². The number of carbonyl (C=O) groups is 1. The van der Waals surface area contributed by atoms with E-state index >= 15 is 0 Å². The molecule has 0 unspecified atom stereocenters. The van der Waals surface area contributed by atoms with Gasteiger partial charge in [0, 0.05) is 24.0 Å². The Morgan fingerprint density at radius 1 is 1.27 bits per heavy atom. The van der Waals surface area contributed by atoms with Crippen molar-refractivity contribution in [1.29, 1.82) is 0 Å². The first-order valence-electron chi connectivity index (χ1n) is 6.34. The molecule has 8 nitrogen and oxygen atoms in total. The quantitative estimate of drug-likeness (QED) is 0.582. The third kappa shape index (κ3) is 2.37. The summed E-state index contributed by atoms with van der Waals surface area (Å²) in [7, 11) is 0. The van der Waals surface area contributed by atoms with E-state index in [0.29, 0.717) is 22.6 Å². The fourth-order valence-corrected chi connectivity index (χ4v) is 2.24. The van der Waals surface area contributed by atoms with Gasteiger partial charge in [0.1, 0.15) is 5.65 Å². The molecular formula is C14H10N4O4. The summed E-state index contributed by atoms with van der Waals surface area (Å²) in [4.78, 5) is 29.8. The molecule has 3 rings (SSSR count). The number of nitro groups is 1. The minimum Gasteiger partial charge on any atom is -0.481 e. The van der Waals surface area contributed by atoms with Crippen LogP contribution in [-0.2, 0) is 11.2 Å². The van der Waals surface area contributed by atoms with E-state index in [0.717, 1.165) is 0 Å². The third-order valence-electron chi connectivity index (χ3n) is 3.19. The molecule has 110 valence electrons. The van der Waals surface area contributed by atoms with Crippen molar-refractivity contribution in [3.63, 3.8) is 0 Å². The van der Waals surface area contributed by atoms with E-state index in [9.17, 15) is 14.9 Å². The molecule has 0 spiro atoms. The monoisotopic (exact) mass is 298 g/mol. The van der Waals surface area contributed by atoms with Crippen LogP contribution >= 0.6 is 0 Å². The Morgan fingerprint density at radius 2 is 2.00 bits per heavy atom. The van der Waals surface area contributed by atoms with Crippen LogP contribution in [0.5, 0.6) is 0 Å². The van der Waals surface area contributed by atoms with Gasteiger partial charge in [0.2, 0.25) is 0 Å². The highest BCUT2D eigenvalue weighted by Gasteiger charge is 2.18. The first-order valence-corrected chi connectivity index (χ1v) is 6.34. The lowest BCUT2D eigenvalue weighted by molar-refractivity contribution is -0.385. The molecule has 0 saturated heterocycles. The lowest BCUT2D eigenvalue weighted by atomic mass is 10.1. The van der Waals surface area contributed by atoms with Gasteiger partial charge < -0.3 is 5.11 Å². The van der Waals surface area contributed by atoms with Crippen LogP contribution in [0.2, 0.25) is 0 Å². The molecule has 0 aliphatic carbocycles. The van der Waals surface area contributed by atoms with E-state index in [1.54, 1.807) is 24.5 Å². The second kappa shape index (κ2) is 5.24. The van der Waals surface area contributed by atoms with Crippen molar-refractivity contribution in [3.8, 4) is 11.3 Å². The number of nitrogens with zero attached hydrogens (tertiary/aromatic N) is 4. The Kier molecular flexibility index (Phi) is 3.26. The van der Waals surface area contributed by atoms with E-state index in [4.69, 9.17) is 5.11 Å². The molecule has 1 N–H and O–H groups in total. The summed E-state index contributed by atoms with van der Waals surface area (Å²) in [5.41, 5.74) is 1.90. The van der Waals surface area contributed by atoms with Gasteiger partial charge in [0.15, 0.2) is 0 Å². The van der Waals surface area contributed by atoms with Crippen molar-refractivity contribution < 1.29 is 14.8 Å². The molecule has 3 heterocycles. The molecule has 3 aromatic rings. The van der Waals surface area contributed by atoms with Crippen molar-refractivity contribution in [1.82, 2.24) is 14.4 Å². The molecule has 0 aromatic carbocycles. The predicted molar refractivity (Wildman–Crippen MR) is 76.4 cm³/mol. The lowest BCUT2D eigenvalue weighted by Gasteiger charge is -2.02. The van der Waals surface area contributed by atoms with Crippen molar-refractivity contribution in [2.24, 2.45) is 0 Å². The minimum atomic E-state index is -1.04. The smallest absolute Gasteiger partial charge is 0.309 e. The molecule has 0 atom stereocenters. The summed E-state index contributed by atoms with van der Waals surface area (Å²) in [6.07, 6.45) is 4.14. The highest BCUT2D eigenvalue weighted by Crippen LogP contribution is 2.26. The van der Waals surface area contributed by atoms with Crippen LogP contribution in [0.4, 0.5) is 5.69 Å². The van der Waals surface area contributed by atoms with E-state index in [1.165, 1.54) is 22.7 Å². The molecule has 8 heteroatoms. The molecule has 22 heavy (non-hydrogen) atoms. The van der Waals surface area contributed by atoms with Crippen LogP contribution in [0.25, 0.3) is 16.9 Å². The highest BCUT2D eigenvalue weighted by atomic mass is 16.6. The van der Waals surface area contributed by atoms with Crippen LogP contribution in [0, 0.1) is 10.1 Å². The Labute approximate surface area is 123 Å². The highest BCUT2D eigenvalue weighted by molar-refractivity contribution is 5.76. The second-order valence-corrected chi connectivity index (χ2v) is 4.59. The van der Waals surface area contributed by atoms with Gasteiger partial charge in [-0.05, 0) is 18.2 Å². The van der Waals surface area contributed by atoms with E-state index < -0.39 is 10.9 Å². The normalized spacial score (nSPS) is 10.7. The summed E-state index contributed by atoms with van der Waals surface area (Å²) in [5.74, 6) is -1.04. The van der Waals surface area contributed by atoms with Gasteiger partial charge in [-0.3, -0.25) is 24.3 Å². The fraction of sp³-hybridized carbons (Fsp3) is 0.0714. The molecular weight excluding hydrogens is 288 g/mol. The molecule has 0 fully saturated rings. The lowest BCUT2D eigenvalue weighted by Crippen LogP contribution is -2.05. The summed E-state index contributed by atoms with van der Waals surface area (Å²) in [5, 5.41) is 20.0. The van der Waals surface area contributed by atoms with Crippen LogP contribution in [0.15, 0.2) is 42.9 Å². The van der Waals surface area contributed by atoms with Gasteiger partial charge in [0.25, 0.3) is 5.69 Å². The number of carboxylic acid groups (broad SMARTS) is 1. The average molecular weight is 298 g/mol. The summed E-state index contributed by atoms with van der Waals surface area (Å²) >= 11 is 0. The van der Waals surface area contributed by atoms with Gasteiger partial charge >= 0.3 is 5.97 Å². The number of aliphatic carboxylic acids is 1. The summed E-state index contributed by atoms with van der Waals surface area (Å²) < 4.78 is 1.45. The largest absolute Gasteiger partial charge is 0.481 e. The van der Waals surface area contributed by atoms with Gasteiger partial charge in [-0.1, -0.05) is 0 Å². The van der Waals surface area contributed by atoms with E-state index in [-0.39, 0.29) is 12.1 Å². The Balaban J connectivity index is 2.27. The average Bonchev–Trinajstić information content (AvgIpc) is 2.85. The molecule has 0 aliphatic heterocycles. The van der Waals surface area contributed by atoms with Gasteiger partial charge in [-0.15, -0.1) is 0 Å². The zero-order valence-corrected chi connectivity index (χ0v) is 11.2. The predicted octanol–water partition coefficient (Wildman–Crippen LogP) is 1.93. The van der Waals surface area contributed by atoms with Crippen LogP contribution < -0.4 is 0 Å². The van der Waals surface area contributed by atoms with Gasteiger partial charge in [0.05, 0.1) is 28.9 Å². The van der Waals surface area contributed by atoms with E-state index in [2.05, 4.69) is 9.97 Å². The number of fused-ring (bicyclic) bond motifs is 1. The molecule has 0 bridgehead atoms. The van der Waals surface area contributed by atoms with Crippen molar-refractivity contribution in [2.45, 2.75) is 6.42 Å². The zero-order valence-electron chi connectivity index (χ0n) is 11.2. The maximum absolute atomic E-state index is 11.1. The minimum absolute atomic E-state index is 0.127. The summed E-state index contributed by atoms with van der Waals surface area (Å²) in [6.45, 7) is 0. The molecule has 0 radical (unpaired) electrons. The Bertz CT molecular complexity index is 873. The number of hydrogen-bond donors (Lipinski definition) is 1. The van der Waals surface area contributed by atoms with Crippen LogP contribution in [0.1, 0.15) is 5.69 Å². The standard InChI is InChI=1S/C14H10N4O4/c19-13(20)7-11-14(9-3-5-15-6-4-9)16-12-2-1-10(18(21)22)8-17(11)12/h1-6,8H,7H2,(H,19,20). The van der Waals surface area contributed by atoms with Crippen molar-refractivity contribution >= 4 is 17.3 Å². The van der Waals surface area contributed by atoms with Crippen molar-refractivity contribution in [3.05, 3.63) is 58.7 Å². The van der Waals surface area contributed by atoms with Crippen LogP contribution in [-0.4, -0.2) is 30.4 Å². The second-order valence-electron chi connectivity index (χ2n) is 4.59. The first-order chi connectivity index (χ1) is 10.6. The SMILES string of the molecule is O=C(O)Cc1c(-c2ccncc2)nc2ccc([N+](=O)[O-])cn12. The summed E-state index contributed by atoms with van der Waals surface area (Å²) in [6, 6.07) is 6.25. The van der Waals surface area contributed by atoms with Crippen molar-refractivity contribution in [2.75, 3.05) is 0 Å². The van der Waals surface area contributed by atoms with Gasteiger partial charge in [-0.2, -0.15) is 0 Å². The topological polar surface area (TPSA) is 111 Å². The maximum Gasteiger partial charge on any atom is 0.309 e. The zero-order chi connectivity index (χ0) is 15.7. The number of imidazole rings is 1. The number of hydrogen-bond acceptors (Lipinski definition) is 5. The number of rotatable bonds is 4. The van der Waals surface area contributed by atoms with Gasteiger partial charge in [-0.25, -0.2) is 4.98 Å². The van der Waals surface area contributed by atoms with Crippen LogP contribution in [0.3, 0.4) is 0 Å². The maximum atomic E-state index is 11.1. The molecule has 0 aliphatic rings. The Morgan fingerprint density at radius 3 is 2.64 bits per heavy atom. The number of pyridine rings is 2.